The van der Waals surface area contributed by atoms with Crippen LogP contribution >= 0.6 is 11.3 Å². The molecule has 17 heavy (non-hydrogen) atoms. The molecule has 1 N–H and O–H groups in total. The first kappa shape index (κ1) is 13.0. The van der Waals surface area contributed by atoms with Gasteiger partial charge in [-0.15, -0.1) is 11.3 Å². The van der Waals surface area contributed by atoms with Crippen molar-refractivity contribution in [3.05, 3.63) is 16.1 Å². The third kappa shape index (κ3) is 3.76. The van der Waals surface area contributed by atoms with Gasteiger partial charge in [0, 0.05) is 44.0 Å². The second-order valence-electron chi connectivity index (χ2n) is 4.76. The molecule has 0 aromatic carbocycles. The van der Waals surface area contributed by atoms with E-state index in [9.17, 15) is 0 Å². The van der Waals surface area contributed by atoms with Gasteiger partial charge in [0.15, 0.2) is 0 Å². The molecular weight excluding hydrogens is 230 g/mol. The standard InChI is InChI=1S/C13H23N3S/c1-3-12-10-17-13(15-12)5-4-11(2)16-8-6-14-7-9-16/h10-11,14H,3-9H2,1-2H3. The third-order valence-electron chi connectivity index (χ3n) is 3.51. The van der Waals surface area contributed by atoms with Crippen LogP contribution in [0.2, 0.25) is 0 Å². The molecule has 1 unspecified atom stereocenters. The molecule has 1 aromatic rings. The van der Waals surface area contributed by atoms with Gasteiger partial charge in [-0.3, -0.25) is 4.90 Å². The molecule has 2 rings (SSSR count). The molecule has 0 radical (unpaired) electrons. The maximum Gasteiger partial charge on any atom is 0.0928 e. The summed E-state index contributed by atoms with van der Waals surface area (Å²) in [6, 6.07) is 0.686. The molecule has 1 fully saturated rings. The molecule has 1 aliphatic heterocycles. The zero-order chi connectivity index (χ0) is 12.1. The van der Waals surface area contributed by atoms with E-state index in [1.165, 1.54) is 30.2 Å². The lowest BCUT2D eigenvalue weighted by atomic mass is 10.1. The SMILES string of the molecule is CCc1csc(CCC(C)N2CCNCC2)n1. The summed E-state index contributed by atoms with van der Waals surface area (Å²) in [5, 5.41) is 6.91. The molecule has 1 atom stereocenters. The number of piperazine rings is 1. The summed E-state index contributed by atoms with van der Waals surface area (Å²) < 4.78 is 0. The number of nitrogens with one attached hydrogen (secondary N) is 1. The predicted octanol–water partition coefficient (Wildman–Crippen LogP) is 1.93. The van der Waals surface area contributed by atoms with Crippen LogP contribution in [0.25, 0.3) is 0 Å². The van der Waals surface area contributed by atoms with Crippen LogP contribution in [0.5, 0.6) is 0 Å². The largest absolute Gasteiger partial charge is 0.314 e. The summed E-state index contributed by atoms with van der Waals surface area (Å²) in [7, 11) is 0. The minimum atomic E-state index is 0.686. The van der Waals surface area contributed by atoms with Crippen LogP contribution in [-0.4, -0.2) is 42.1 Å². The Morgan fingerprint density at radius 2 is 2.24 bits per heavy atom. The van der Waals surface area contributed by atoms with E-state index in [2.05, 4.69) is 34.4 Å². The average molecular weight is 253 g/mol. The fraction of sp³-hybridized carbons (Fsp3) is 0.769. The lowest BCUT2D eigenvalue weighted by Crippen LogP contribution is -2.47. The van der Waals surface area contributed by atoms with E-state index in [4.69, 9.17) is 0 Å². The number of thiazole rings is 1. The Bertz CT molecular complexity index is 331. The molecule has 2 heterocycles. The van der Waals surface area contributed by atoms with Crippen molar-refractivity contribution in [1.82, 2.24) is 15.2 Å². The van der Waals surface area contributed by atoms with Crippen LogP contribution in [0.15, 0.2) is 5.38 Å². The summed E-state index contributed by atoms with van der Waals surface area (Å²) >= 11 is 1.82. The van der Waals surface area contributed by atoms with Crippen molar-refractivity contribution < 1.29 is 0 Å². The maximum absolute atomic E-state index is 4.63. The minimum absolute atomic E-state index is 0.686. The molecule has 0 saturated carbocycles. The first-order valence-electron chi connectivity index (χ1n) is 6.67. The Kier molecular flexibility index (Phi) is 4.95. The van der Waals surface area contributed by atoms with Crippen molar-refractivity contribution in [3.8, 4) is 0 Å². The summed E-state index contributed by atoms with van der Waals surface area (Å²) in [6.45, 7) is 9.18. The van der Waals surface area contributed by atoms with E-state index in [-0.39, 0.29) is 0 Å². The average Bonchev–Trinajstić information content (AvgIpc) is 2.85. The van der Waals surface area contributed by atoms with Crippen LogP contribution in [0, 0.1) is 0 Å². The number of hydrogen-bond donors (Lipinski definition) is 1. The molecule has 0 amide bonds. The van der Waals surface area contributed by atoms with E-state index in [0.717, 1.165) is 25.9 Å². The fourth-order valence-electron chi connectivity index (χ4n) is 2.26. The molecule has 0 spiro atoms. The molecular formula is C13H23N3S. The molecule has 3 nitrogen and oxygen atoms in total. The molecule has 1 aliphatic rings. The van der Waals surface area contributed by atoms with Gasteiger partial charge in [-0.1, -0.05) is 6.92 Å². The van der Waals surface area contributed by atoms with Crippen molar-refractivity contribution >= 4 is 11.3 Å². The van der Waals surface area contributed by atoms with Crippen molar-refractivity contribution in [2.45, 2.75) is 39.2 Å². The molecule has 1 saturated heterocycles. The number of nitrogens with zero attached hydrogens (tertiary/aromatic N) is 2. The second-order valence-corrected chi connectivity index (χ2v) is 5.70. The smallest absolute Gasteiger partial charge is 0.0928 e. The Morgan fingerprint density at radius 1 is 1.47 bits per heavy atom. The highest BCUT2D eigenvalue weighted by Gasteiger charge is 2.16. The van der Waals surface area contributed by atoms with E-state index >= 15 is 0 Å². The number of aromatic nitrogens is 1. The highest BCUT2D eigenvalue weighted by atomic mass is 32.1. The van der Waals surface area contributed by atoms with Crippen LogP contribution in [-0.2, 0) is 12.8 Å². The van der Waals surface area contributed by atoms with Crippen molar-refractivity contribution in [1.29, 1.82) is 0 Å². The van der Waals surface area contributed by atoms with E-state index in [1.807, 2.05) is 11.3 Å². The zero-order valence-corrected chi connectivity index (χ0v) is 11.7. The molecule has 96 valence electrons. The van der Waals surface area contributed by atoms with E-state index < -0.39 is 0 Å². The summed E-state index contributed by atoms with van der Waals surface area (Å²) in [6.07, 6.45) is 3.43. The van der Waals surface area contributed by atoms with Crippen LogP contribution in [0.1, 0.15) is 31.0 Å². The molecule has 0 bridgehead atoms. The Balaban J connectivity index is 1.76. The van der Waals surface area contributed by atoms with Crippen molar-refractivity contribution in [3.63, 3.8) is 0 Å². The van der Waals surface area contributed by atoms with E-state index in [1.54, 1.807) is 0 Å². The third-order valence-corrected chi connectivity index (χ3v) is 4.47. The van der Waals surface area contributed by atoms with Crippen LogP contribution < -0.4 is 5.32 Å². The lowest BCUT2D eigenvalue weighted by molar-refractivity contribution is 0.177. The van der Waals surface area contributed by atoms with Gasteiger partial charge in [0.2, 0.25) is 0 Å². The maximum atomic E-state index is 4.63. The molecule has 0 aliphatic carbocycles. The quantitative estimate of drug-likeness (QED) is 0.869. The van der Waals surface area contributed by atoms with Gasteiger partial charge in [0.05, 0.1) is 10.7 Å². The van der Waals surface area contributed by atoms with Gasteiger partial charge in [-0.25, -0.2) is 4.98 Å². The van der Waals surface area contributed by atoms with E-state index in [0.29, 0.717) is 6.04 Å². The van der Waals surface area contributed by atoms with Crippen molar-refractivity contribution in [2.75, 3.05) is 26.2 Å². The van der Waals surface area contributed by atoms with Gasteiger partial charge in [0.25, 0.3) is 0 Å². The van der Waals surface area contributed by atoms with Gasteiger partial charge in [-0.05, 0) is 19.8 Å². The summed E-state index contributed by atoms with van der Waals surface area (Å²) in [4.78, 5) is 7.22. The van der Waals surface area contributed by atoms with Gasteiger partial charge < -0.3 is 5.32 Å². The van der Waals surface area contributed by atoms with Crippen LogP contribution in [0.3, 0.4) is 0 Å². The Morgan fingerprint density at radius 3 is 2.88 bits per heavy atom. The molecule has 4 heteroatoms. The predicted molar refractivity (Wildman–Crippen MR) is 73.7 cm³/mol. The monoisotopic (exact) mass is 253 g/mol. The number of aryl methyl sites for hydroxylation is 2. The Hall–Kier alpha value is -0.450. The number of hydrogen-bond acceptors (Lipinski definition) is 4. The highest BCUT2D eigenvalue weighted by Crippen LogP contribution is 2.15. The highest BCUT2D eigenvalue weighted by molar-refractivity contribution is 7.09. The second kappa shape index (κ2) is 6.47. The first-order valence-corrected chi connectivity index (χ1v) is 7.55. The van der Waals surface area contributed by atoms with Gasteiger partial charge in [-0.2, -0.15) is 0 Å². The fourth-order valence-corrected chi connectivity index (χ4v) is 3.16. The summed E-state index contributed by atoms with van der Waals surface area (Å²) in [5.41, 5.74) is 1.25. The van der Waals surface area contributed by atoms with Gasteiger partial charge >= 0.3 is 0 Å². The zero-order valence-electron chi connectivity index (χ0n) is 10.9. The van der Waals surface area contributed by atoms with Crippen LogP contribution in [0.4, 0.5) is 0 Å². The minimum Gasteiger partial charge on any atom is -0.314 e. The van der Waals surface area contributed by atoms with Crippen molar-refractivity contribution in [2.24, 2.45) is 0 Å². The topological polar surface area (TPSA) is 28.2 Å². The number of rotatable bonds is 5. The first-order chi connectivity index (χ1) is 8.29. The lowest BCUT2D eigenvalue weighted by Gasteiger charge is -2.32. The normalized spacial score (nSPS) is 19.4. The Labute approximate surface area is 108 Å². The van der Waals surface area contributed by atoms with Gasteiger partial charge in [0.1, 0.15) is 0 Å². The molecule has 1 aromatic heterocycles. The summed E-state index contributed by atoms with van der Waals surface area (Å²) in [5.74, 6) is 0.